The number of hydrogen-bond donors (Lipinski definition) is 1. The van der Waals surface area contributed by atoms with Crippen molar-refractivity contribution < 1.29 is 13.5 Å². The first kappa shape index (κ1) is 13.2. The Morgan fingerprint density at radius 1 is 1.25 bits per heavy atom. The molecule has 0 saturated heterocycles. The van der Waals surface area contributed by atoms with Crippen LogP contribution in [0.5, 0.6) is 0 Å². The van der Waals surface area contributed by atoms with Gasteiger partial charge >= 0.3 is 0 Å². The average Bonchev–Trinajstić information content (AvgIpc) is 2.29. The van der Waals surface area contributed by atoms with Gasteiger partial charge in [-0.2, -0.15) is 4.31 Å². The third-order valence-corrected chi connectivity index (χ3v) is 4.33. The van der Waals surface area contributed by atoms with E-state index in [2.05, 4.69) is 0 Å². The summed E-state index contributed by atoms with van der Waals surface area (Å²) in [4.78, 5) is 0.264. The molecule has 5 heteroatoms. The zero-order chi connectivity index (χ0) is 12.2. The van der Waals surface area contributed by atoms with E-state index in [1.54, 1.807) is 24.3 Å². The van der Waals surface area contributed by atoms with Crippen molar-refractivity contribution in [1.29, 1.82) is 0 Å². The van der Waals surface area contributed by atoms with Gasteiger partial charge < -0.3 is 5.11 Å². The number of sulfonamides is 1. The van der Waals surface area contributed by atoms with E-state index < -0.39 is 10.0 Å². The van der Waals surface area contributed by atoms with Crippen LogP contribution in [-0.2, 0) is 16.4 Å². The van der Waals surface area contributed by atoms with Crippen LogP contribution >= 0.6 is 0 Å². The molecular formula is C11H17NO3S. The van der Waals surface area contributed by atoms with Crippen molar-refractivity contribution >= 4 is 10.0 Å². The molecule has 0 aliphatic carbocycles. The maximum atomic E-state index is 11.9. The highest BCUT2D eigenvalue weighted by atomic mass is 32.2. The molecule has 1 N–H and O–H groups in total. The fraction of sp³-hybridized carbons (Fsp3) is 0.455. The van der Waals surface area contributed by atoms with Crippen LogP contribution in [0.4, 0.5) is 0 Å². The van der Waals surface area contributed by atoms with Gasteiger partial charge in [0.1, 0.15) is 0 Å². The molecule has 0 bridgehead atoms. The van der Waals surface area contributed by atoms with Gasteiger partial charge in [0.25, 0.3) is 0 Å². The first-order chi connectivity index (χ1) is 7.52. The lowest BCUT2D eigenvalue weighted by atomic mass is 10.2. The maximum absolute atomic E-state index is 11.9. The first-order valence-electron chi connectivity index (χ1n) is 5.18. The van der Waals surface area contributed by atoms with E-state index in [1.807, 2.05) is 6.92 Å². The van der Waals surface area contributed by atoms with Crippen molar-refractivity contribution in [2.75, 3.05) is 20.2 Å². The van der Waals surface area contributed by atoms with Gasteiger partial charge in [0.2, 0.25) is 10.0 Å². The summed E-state index contributed by atoms with van der Waals surface area (Å²) in [6, 6.07) is 6.81. The molecule has 0 fully saturated rings. The van der Waals surface area contributed by atoms with E-state index in [1.165, 1.54) is 7.05 Å². The average molecular weight is 243 g/mol. The van der Waals surface area contributed by atoms with Crippen LogP contribution in [0.2, 0.25) is 0 Å². The largest absolute Gasteiger partial charge is 0.395 e. The van der Waals surface area contributed by atoms with Crippen molar-refractivity contribution in [2.24, 2.45) is 0 Å². The molecule has 0 amide bonds. The van der Waals surface area contributed by atoms with Crippen LogP contribution in [0.3, 0.4) is 0 Å². The number of aliphatic hydroxyl groups excluding tert-OH is 1. The number of likely N-dealkylation sites (N-methyl/N-ethyl adjacent to an activating group) is 1. The number of rotatable bonds is 5. The highest BCUT2D eigenvalue weighted by Crippen LogP contribution is 2.15. The van der Waals surface area contributed by atoms with Gasteiger partial charge in [-0.15, -0.1) is 0 Å². The molecule has 0 aliphatic rings. The number of hydrogen-bond acceptors (Lipinski definition) is 3. The van der Waals surface area contributed by atoms with Crippen molar-refractivity contribution in [3.05, 3.63) is 29.8 Å². The fourth-order valence-corrected chi connectivity index (χ4v) is 2.50. The summed E-state index contributed by atoms with van der Waals surface area (Å²) in [6.07, 6.45) is 0.882. The van der Waals surface area contributed by atoms with E-state index in [0.29, 0.717) is 0 Å². The maximum Gasteiger partial charge on any atom is 0.242 e. The Morgan fingerprint density at radius 3 is 2.25 bits per heavy atom. The third kappa shape index (κ3) is 2.81. The molecule has 1 rings (SSSR count). The van der Waals surface area contributed by atoms with Crippen LogP contribution in [0.25, 0.3) is 0 Å². The molecule has 90 valence electrons. The Bertz CT molecular complexity index is 425. The monoisotopic (exact) mass is 243 g/mol. The lowest BCUT2D eigenvalue weighted by Gasteiger charge is -2.15. The topological polar surface area (TPSA) is 57.6 Å². The minimum atomic E-state index is -3.45. The Hall–Kier alpha value is -0.910. The van der Waals surface area contributed by atoms with Crippen molar-refractivity contribution in [1.82, 2.24) is 4.31 Å². The molecule has 4 nitrogen and oxygen atoms in total. The molecule has 0 spiro atoms. The molecule has 16 heavy (non-hydrogen) atoms. The van der Waals surface area contributed by atoms with E-state index in [0.717, 1.165) is 16.3 Å². The summed E-state index contributed by atoms with van der Waals surface area (Å²) in [5, 5.41) is 8.72. The molecular weight excluding hydrogens is 226 g/mol. The second-order valence-electron chi connectivity index (χ2n) is 3.55. The molecule has 0 atom stereocenters. The molecule has 1 aromatic rings. The standard InChI is InChI=1S/C11H17NO3S/c1-3-10-4-6-11(7-5-10)16(14,15)12(2)8-9-13/h4-7,13H,3,8-9H2,1-2H3. The number of benzene rings is 1. The van der Waals surface area contributed by atoms with Crippen molar-refractivity contribution in [3.63, 3.8) is 0 Å². The second-order valence-corrected chi connectivity index (χ2v) is 5.59. The number of aryl methyl sites for hydroxylation is 1. The van der Waals surface area contributed by atoms with Gasteiger partial charge in [0.05, 0.1) is 11.5 Å². The molecule has 0 aliphatic heterocycles. The summed E-state index contributed by atoms with van der Waals surface area (Å²) in [5.74, 6) is 0. The minimum absolute atomic E-state index is 0.109. The summed E-state index contributed by atoms with van der Waals surface area (Å²) in [7, 11) is -2.00. The van der Waals surface area contributed by atoms with Crippen LogP contribution in [0.1, 0.15) is 12.5 Å². The van der Waals surface area contributed by atoms with Crippen molar-refractivity contribution in [3.8, 4) is 0 Å². The predicted molar refractivity (Wildman–Crippen MR) is 62.7 cm³/mol. The summed E-state index contributed by atoms with van der Waals surface area (Å²) < 4.78 is 25.0. The normalized spacial score (nSPS) is 12.0. The zero-order valence-electron chi connectivity index (χ0n) is 9.55. The summed E-state index contributed by atoms with van der Waals surface area (Å²) in [6.45, 7) is 1.95. The third-order valence-electron chi connectivity index (χ3n) is 2.45. The van der Waals surface area contributed by atoms with Gasteiger partial charge in [-0.3, -0.25) is 0 Å². The summed E-state index contributed by atoms with van der Waals surface area (Å²) >= 11 is 0. The number of aliphatic hydroxyl groups is 1. The fourth-order valence-electron chi connectivity index (χ4n) is 1.34. The van der Waals surface area contributed by atoms with Crippen LogP contribution in [0.15, 0.2) is 29.2 Å². The molecule has 0 heterocycles. The highest BCUT2D eigenvalue weighted by Gasteiger charge is 2.19. The smallest absolute Gasteiger partial charge is 0.242 e. The van der Waals surface area contributed by atoms with Gasteiger partial charge in [-0.05, 0) is 24.1 Å². The van der Waals surface area contributed by atoms with E-state index >= 15 is 0 Å². The molecule has 0 radical (unpaired) electrons. The van der Waals surface area contributed by atoms with E-state index in [-0.39, 0.29) is 18.0 Å². The lowest BCUT2D eigenvalue weighted by molar-refractivity contribution is 0.266. The van der Waals surface area contributed by atoms with Crippen LogP contribution in [0, 0.1) is 0 Å². The highest BCUT2D eigenvalue weighted by molar-refractivity contribution is 7.89. The second kappa shape index (κ2) is 5.43. The van der Waals surface area contributed by atoms with Gasteiger partial charge in [0, 0.05) is 13.6 Å². The molecule has 0 saturated carbocycles. The Kier molecular flexibility index (Phi) is 4.46. The summed E-state index contributed by atoms with van der Waals surface area (Å²) in [5.41, 5.74) is 1.10. The minimum Gasteiger partial charge on any atom is -0.395 e. The number of nitrogens with zero attached hydrogens (tertiary/aromatic N) is 1. The van der Waals surface area contributed by atoms with Crippen LogP contribution in [-0.4, -0.2) is 38.0 Å². The SMILES string of the molecule is CCc1ccc(S(=O)(=O)N(C)CCO)cc1. The van der Waals surface area contributed by atoms with Crippen LogP contribution < -0.4 is 0 Å². The van der Waals surface area contributed by atoms with E-state index in [9.17, 15) is 8.42 Å². The lowest BCUT2D eigenvalue weighted by Crippen LogP contribution is -2.29. The van der Waals surface area contributed by atoms with Crippen molar-refractivity contribution in [2.45, 2.75) is 18.2 Å². The Balaban J connectivity index is 2.98. The first-order valence-corrected chi connectivity index (χ1v) is 6.62. The predicted octanol–water partition coefficient (Wildman–Crippen LogP) is 0.862. The van der Waals surface area contributed by atoms with Gasteiger partial charge in [0.15, 0.2) is 0 Å². The molecule has 0 unspecified atom stereocenters. The molecule has 1 aromatic carbocycles. The van der Waals surface area contributed by atoms with Gasteiger partial charge in [-0.25, -0.2) is 8.42 Å². The quantitative estimate of drug-likeness (QED) is 0.834. The molecule has 0 aromatic heterocycles. The Morgan fingerprint density at radius 2 is 1.81 bits per heavy atom. The zero-order valence-corrected chi connectivity index (χ0v) is 10.4. The Labute approximate surface area is 96.6 Å². The van der Waals surface area contributed by atoms with Gasteiger partial charge in [-0.1, -0.05) is 19.1 Å². The van der Waals surface area contributed by atoms with E-state index in [4.69, 9.17) is 5.11 Å².